The smallest absolute Gasteiger partial charge is 0.304 e. The van der Waals surface area contributed by atoms with Crippen LogP contribution in [0, 0.1) is 11.3 Å². The Labute approximate surface area is 85.1 Å². The number of hydrogen-bond acceptors (Lipinski definition) is 2. The third-order valence-corrected chi connectivity index (χ3v) is 3.66. The largest absolute Gasteiger partial charge is 0.481 e. The zero-order chi connectivity index (χ0) is 10.3. The lowest BCUT2D eigenvalue weighted by atomic mass is 9.89. The Bertz CT molecular complexity index is 238. The molecular weight excluding hydrogens is 178 g/mol. The van der Waals surface area contributed by atoms with Crippen molar-refractivity contribution < 1.29 is 9.90 Å². The van der Waals surface area contributed by atoms with Crippen LogP contribution in [-0.2, 0) is 4.79 Å². The van der Waals surface area contributed by atoms with Crippen LogP contribution in [0.1, 0.15) is 33.1 Å². The van der Waals surface area contributed by atoms with E-state index in [1.165, 1.54) is 12.8 Å². The summed E-state index contributed by atoms with van der Waals surface area (Å²) in [5.74, 6) is -0.220. The average molecular weight is 197 g/mol. The molecule has 3 nitrogen and oxygen atoms in total. The second kappa shape index (κ2) is 3.23. The fourth-order valence-electron chi connectivity index (χ4n) is 2.51. The van der Waals surface area contributed by atoms with Crippen LogP contribution in [0.25, 0.3) is 0 Å². The summed E-state index contributed by atoms with van der Waals surface area (Å²) in [6.45, 7) is 6.52. The maximum atomic E-state index is 10.7. The summed E-state index contributed by atoms with van der Waals surface area (Å²) in [6.07, 6.45) is 3.02. The molecule has 1 aliphatic heterocycles. The number of rotatable bonds is 4. The van der Waals surface area contributed by atoms with Gasteiger partial charge in [-0.1, -0.05) is 13.8 Å². The number of carboxylic acid groups (broad SMARTS) is 1. The molecule has 1 spiro atoms. The molecule has 0 bridgehead atoms. The molecule has 80 valence electrons. The van der Waals surface area contributed by atoms with Gasteiger partial charge in [0.15, 0.2) is 0 Å². The molecule has 1 aliphatic carbocycles. The van der Waals surface area contributed by atoms with E-state index >= 15 is 0 Å². The van der Waals surface area contributed by atoms with Crippen LogP contribution in [0.2, 0.25) is 0 Å². The summed E-state index contributed by atoms with van der Waals surface area (Å²) in [5, 5.41) is 8.82. The Morgan fingerprint density at radius 2 is 2.00 bits per heavy atom. The third kappa shape index (κ3) is 1.78. The number of likely N-dealkylation sites (tertiary alicyclic amines) is 1. The molecule has 1 unspecified atom stereocenters. The molecule has 2 aliphatic rings. The zero-order valence-corrected chi connectivity index (χ0v) is 8.99. The lowest BCUT2D eigenvalue weighted by molar-refractivity contribution is -0.140. The van der Waals surface area contributed by atoms with Gasteiger partial charge in [-0.15, -0.1) is 0 Å². The Hall–Kier alpha value is -0.570. The van der Waals surface area contributed by atoms with Crippen molar-refractivity contribution in [3.63, 3.8) is 0 Å². The topological polar surface area (TPSA) is 40.5 Å². The first-order valence-corrected chi connectivity index (χ1v) is 5.48. The van der Waals surface area contributed by atoms with E-state index in [0.717, 1.165) is 13.1 Å². The van der Waals surface area contributed by atoms with E-state index in [4.69, 9.17) is 5.11 Å². The molecule has 1 saturated heterocycles. The molecule has 1 heterocycles. The second-order valence-electron chi connectivity index (χ2n) is 5.31. The zero-order valence-electron chi connectivity index (χ0n) is 8.99. The Balaban J connectivity index is 1.87. The van der Waals surface area contributed by atoms with Crippen LogP contribution in [0.4, 0.5) is 0 Å². The van der Waals surface area contributed by atoms with Crippen molar-refractivity contribution in [1.82, 2.24) is 4.90 Å². The molecule has 0 aromatic carbocycles. The van der Waals surface area contributed by atoms with Crippen molar-refractivity contribution in [2.45, 2.75) is 39.2 Å². The van der Waals surface area contributed by atoms with Crippen molar-refractivity contribution in [2.24, 2.45) is 11.3 Å². The molecule has 2 rings (SSSR count). The highest BCUT2D eigenvalue weighted by Crippen LogP contribution is 2.53. The first kappa shape index (κ1) is 9.97. The first-order valence-electron chi connectivity index (χ1n) is 5.48. The summed E-state index contributed by atoms with van der Waals surface area (Å²) in [7, 11) is 0. The average Bonchev–Trinajstić information content (AvgIpc) is 2.75. The van der Waals surface area contributed by atoms with Gasteiger partial charge in [0.2, 0.25) is 0 Å². The highest BCUT2D eigenvalue weighted by molar-refractivity contribution is 5.67. The molecule has 3 heteroatoms. The van der Waals surface area contributed by atoms with Crippen molar-refractivity contribution in [2.75, 3.05) is 13.1 Å². The Morgan fingerprint density at radius 3 is 2.36 bits per heavy atom. The molecule has 2 fully saturated rings. The lowest BCUT2D eigenvalue weighted by Crippen LogP contribution is -2.55. The van der Waals surface area contributed by atoms with Gasteiger partial charge in [0.05, 0.1) is 6.42 Å². The SMILES string of the molecule is CC(C)C(CC(=O)O)N1CC2(CC2)C1. The third-order valence-electron chi connectivity index (χ3n) is 3.66. The maximum Gasteiger partial charge on any atom is 0.304 e. The van der Waals surface area contributed by atoms with Gasteiger partial charge in [-0.25, -0.2) is 0 Å². The highest BCUT2D eigenvalue weighted by atomic mass is 16.4. The van der Waals surface area contributed by atoms with Gasteiger partial charge in [0.25, 0.3) is 0 Å². The summed E-state index contributed by atoms with van der Waals surface area (Å²) >= 11 is 0. The normalized spacial score (nSPS) is 26.2. The monoisotopic (exact) mass is 197 g/mol. The standard InChI is InChI=1S/C11H19NO2/c1-8(2)9(5-10(13)14)12-6-11(7-12)3-4-11/h8-9H,3-7H2,1-2H3,(H,13,14). The lowest BCUT2D eigenvalue weighted by Gasteiger charge is -2.46. The minimum atomic E-state index is -0.666. The summed E-state index contributed by atoms with van der Waals surface area (Å²) in [4.78, 5) is 13.1. The van der Waals surface area contributed by atoms with Crippen LogP contribution >= 0.6 is 0 Å². The fourth-order valence-corrected chi connectivity index (χ4v) is 2.51. The Morgan fingerprint density at radius 1 is 1.43 bits per heavy atom. The fraction of sp³-hybridized carbons (Fsp3) is 0.909. The van der Waals surface area contributed by atoms with Crippen LogP contribution in [-0.4, -0.2) is 35.1 Å². The molecule has 0 aromatic rings. The van der Waals surface area contributed by atoms with Crippen LogP contribution in [0.3, 0.4) is 0 Å². The van der Waals surface area contributed by atoms with Crippen molar-refractivity contribution in [3.8, 4) is 0 Å². The van der Waals surface area contributed by atoms with E-state index in [2.05, 4.69) is 18.7 Å². The van der Waals surface area contributed by atoms with E-state index in [9.17, 15) is 4.79 Å². The van der Waals surface area contributed by atoms with Gasteiger partial charge in [-0.2, -0.15) is 0 Å². The molecule has 1 saturated carbocycles. The van der Waals surface area contributed by atoms with Crippen molar-refractivity contribution >= 4 is 5.97 Å². The van der Waals surface area contributed by atoms with E-state index in [-0.39, 0.29) is 6.04 Å². The number of carboxylic acids is 1. The number of nitrogens with zero attached hydrogens (tertiary/aromatic N) is 1. The molecule has 1 N–H and O–H groups in total. The van der Waals surface area contributed by atoms with Crippen LogP contribution in [0.15, 0.2) is 0 Å². The van der Waals surface area contributed by atoms with Gasteiger partial charge in [0, 0.05) is 19.1 Å². The number of hydrogen-bond donors (Lipinski definition) is 1. The predicted molar refractivity (Wildman–Crippen MR) is 54.1 cm³/mol. The predicted octanol–water partition coefficient (Wildman–Crippen LogP) is 1.58. The van der Waals surface area contributed by atoms with Gasteiger partial charge in [0.1, 0.15) is 0 Å². The maximum absolute atomic E-state index is 10.7. The van der Waals surface area contributed by atoms with Gasteiger partial charge >= 0.3 is 5.97 Å². The summed E-state index contributed by atoms with van der Waals surface area (Å²) < 4.78 is 0. The summed E-state index contributed by atoms with van der Waals surface area (Å²) in [6, 6.07) is 0.249. The number of carbonyl (C=O) groups is 1. The highest BCUT2D eigenvalue weighted by Gasteiger charge is 2.54. The molecule has 14 heavy (non-hydrogen) atoms. The Kier molecular flexibility index (Phi) is 2.30. The second-order valence-corrected chi connectivity index (χ2v) is 5.31. The quantitative estimate of drug-likeness (QED) is 0.744. The van der Waals surface area contributed by atoms with Crippen LogP contribution in [0.5, 0.6) is 0 Å². The molecule has 1 atom stereocenters. The van der Waals surface area contributed by atoms with E-state index in [1.807, 2.05) is 0 Å². The van der Waals surface area contributed by atoms with E-state index < -0.39 is 5.97 Å². The number of aliphatic carboxylic acids is 1. The van der Waals surface area contributed by atoms with E-state index in [1.54, 1.807) is 0 Å². The molecular formula is C11H19NO2. The van der Waals surface area contributed by atoms with Gasteiger partial charge in [-0.3, -0.25) is 9.69 Å². The first-order chi connectivity index (χ1) is 6.52. The van der Waals surface area contributed by atoms with E-state index in [0.29, 0.717) is 17.8 Å². The van der Waals surface area contributed by atoms with Gasteiger partial charge in [-0.05, 0) is 24.2 Å². The minimum absolute atomic E-state index is 0.249. The summed E-state index contributed by atoms with van der Waals surface area (Å²) in [5.41, 5.74) is 0.631. The minimum Gasteiger partial charge on any atom is -0.481 e. The molecule has 0 amide bonds. The molecule has 0 aromatic heterocycles. The molecule has 0 radical (unpaired) electrons. The van der Waals surface area contributed by atoms with Gasteiger partial charge < -0.3 is 5.11 Å². The van der Waals surface area contributed by atoms with Crippen molar-refractivity contribution in [3.05, 3.63) is 0 Å². The van der Waals surface area contributed by atoms with Crippen LogP contribution < -0.4 is 0 Å². The van der Waals surface area contributed by atoms with Crippen molar-refractivity contribution in [1.29, 1.82) is 0 Å².